The van der Waals surface area contributed by atoms with E-state index in [1.807, 2.05) is 12.1 Å². The SMILES string of the molecule is COc1ccc(C(CNCC(=O)c2cccc(S(=O)(=O)N3CCCC(C)C3)c2)N2CCCCC2)cc1OC. The van der Waals surface area contributed by atoms with Gasteiger partial charge in [-0.05, 0) is 74.5 Å². The number of methoxy groups -OCH3 is 2. The number of hydrogen-bond donors (Lipinski definition) is 1. The molecule has 208 valence electrons. The van der Waals surface area contributed by atoms with Gasteiger partial charge in [-0.1, -0.05) is 31.5 Å². The highest BCUT2D eigenvalue weighted by Gasteiger charge is 2.29. The third kappa shape index (κ3) is 6.75. The van der Waals surface area contributed by atoms with Gasteiger partial charge in [-0.25, -0.2) is 8.42 Å². The molecule has 38 heavy (non-hydrogen) atoms. The highest BCUT2D eigenvalue weighted by Crippen LogP contribution is 2.33. The number of carbonyl (C=O) groups is 1. The molecule has 0 radical (unpaired) electrons. The van der Waals surface area contributed by atoms with Crippen LogP contribution in [0.5, 0.6) is 11.5 Å². The molecule has 4 rings (SSSR count). The number of ether oxygens (including phenoxy) is 2. The molecule has 2 heterocycles. The number of nitrogens with one attached hydrogen (secondary N) is 1. The summed E-state index contributed by atoms with van der Waals surface area (Å²) in [6, 6.07) is 12.5. The molecule has 2 aliphatic rings. The quantitative estimate of drug-likeness (QED) is 0.427. The summed E-state index contributed by atoms with van der Waals surface area (Å²) in [5.74, 6) is 1.58. The summed E-state index contributed by atoms with van der Waals surface area (Å²) in [6.07, 6.45) is 5.44. The summed E-state index contributed by atoms with van der Waals surface area (Å²) in [7, 11) is -0.357. The maximum atomic E-state index is 13.2. The molecule has 2 unspecified atom stereocenters. The maximum absolute atomic E-state index is 13.2. The van der Waals surface area contributed by atoms with E-state index in [0.29, 0.717) is 42.6 Å². The number of hydrogen-bond acceptors (Lipinski definition) is 7. The van der Waals surface area contributed by atoms with Crippen molar-refractivity contribution in [3.63, 3.8) is 0 Å². The minimum atomic E-state index is -3.62. The molecule has 0 amide bonds. The van der Waals surface area contributed by atoms with Crippen LogP contribution in [-0.4, -0.2) is 76.9 Å². The van der Waals surface area contributed by atoms with E-state index in [1.165, 1.54) is 12.5 Å². The van der Waals surface area contributed by atoms with E-state index in [2.05, 4.69) is 23.2 Å². The van der Waals surface area contributed by atoms with E-state index in [9.17, 15) is 13.2 Å². The first kappa shape index (κ1) is 28.5. The predicted octanol–water partition coefficient (Wildman–Crippen LogP) is 4.12. The third-order valence-electron chi connectivity index (χ3n) is 7.66. The number of likely N-dealkylation sites (tertiary alicyclic amines) is 1. The Hall–Kier alpha value is -2.46. The molecular weight excluding hydrogens is 502 g/mol. The lowest BCUT2D eigenvalue weighted by molar-refractivity contribution is 0.0983. The van der Waals surface area contributed by atoms with E-state index in [1.54, 1.807) is 36.7 Å². The van der Waals surface area contributed by atoms with Crippen LogP contribution in [0, 0.1) is 5.92 Å². The lowest BCUT2D eigenvalue weighted by Gasteiger charge is -2.35. The molecule has 2 aromatic rings. The summed E-state index contributed by atoms with van der Waals surface area (Å²) >= 11 is 0. The van der Waals surface area contributed by atoms with Crippen LogP contribution in [0.25, 0.3) is 0 Å². The third-order valence-corrected chi connectivity index (χ3v) is 9.52. The largest absolute Gasteiger partial charge is 0.493 e. The van der Waals surface area contributed by atoms with Crippen molar-refractivity contribution >= 4 is 15.8 Å². The van der Waals surface area contributed by atoms with Gasteiger partial charge in [0.2, 0.25) is 10.0 Å². The van der Waals surface area contributed by atoms with Crippen molar-refractivity contribution in [2.45, 2.75) is 50.0 Å². The normalized spacial score (nSPS) is 20.1. The Labute approximate surface area is 227 Å². The van der Waals surface area contributed by atoms with Gasteiger partial charge < -0.3 is 14.8 Å². The summed E-state index contributed by atoms with van der Waals surface area (Å²) in [5.41, 5.74) is 1.51. The second-order valence-corrected chi connectivity index (χ2v) is 12.4. The number of Topliss-reactive ketones (excluding diaryl/α,β-unsaturated/α-hetero) is 1. The maximum Gasteiger partial charge on any atom is 0.243 e. The van der Waals surface area contributed by atoms with Crippen molar-refractivity contribution < 1.29 is 22.7 Å². The Balaban J connectivity index is 1.45. The lowest BCUT2D eigenvalue weighted by atomic mass is 10.0. The molecule has 2 aliphatic heterocycles. The highest BCUT2D eigenvalue weighted by atomic mass is 32.2. The van der Waals surface area contributed by atoms with Crippen molar-refractivity contribution in [3.8, 4) is 11.5 Å². The van der Waals surface area contributed by atoms with E-state index < -0.39 is 10.0 Å². The first-order valence-corrected chi connectivity index (χ1v) is 15.1. The second kappa shape index (κ2) is 13.1. The topological polar surface area (TPSA) is 88.2 Å². The molecule has 0 aliphatic carbocycles. The van der Waals surface area contributed by atoms with Gasteiger partial charge in [-0.2, -0.15) is 4.31 Å². The zero-order valence-electron chi connectivity index (χ0n) is 22.8. The Morgan fingerprint density at radius 1 is 1.00 bits per heavy atom. The fourth-order valence-electron chi connectivity index (χ4n) is 5.52. The standard InChI is InChI=1S/C29H41N3O5S/c1-22-9-8-16-32(21-22)38(34,35)25-11-7-10-24(17-25)27(33)20-30-19-26(31-14-5-4-6-15-31)23-12-13-28(36-2)29(18-23)37-3/h7,10-13,17-18,22,26,30H,4-6,8-9,14-16,19-21H2,1-3H3. The smallest absolute Gasteiger partial charge is 0.243 e. The molecule has 2 fully saturated rings. The average molecular weight is 544 g/mol. The van der Waals surface area contributed by atoms with Crippen LogP contribution < -0.4 is 14.8 Å². The monoisotopic (exact) mass is 543 g/mol. The highest BCUT2D eigenvalue weighted by molar-refractivity contribution is 7.89. The van der Waals surface area contributed by atoms with Crippen LogP contribution in [0.2, 0.25) is 0 Å². The van der Waals surface area contributed by atoms with Crippen molar-refractivity contribution in [1.82, 2.24) is 14.5 Å². The van der Waals surface area contributed by atoms with Gasteiger partial charge in [0.05, 0.1) is 25.7 Å². The van der Waals surface area contributed by atoms with Crippen molar-refractivity contribution in [1.29, 1.82) is 0 Å². The minimum absolute atomic E-state index is 0.0794. The van der Waals surface area contributed by atoms with E-state index in [-0.39, 0.29) is 23.3 Å². The molecule has 2 atom stereocenters. The average Bonchev–Trinajstić information content (AvgIpc) is 2.95. The molecule has 2 saturated heterocycles. The first-order valence-electron chi connectivity index (χ1n) is 13.6. The second-order valence-electron chi connectivity index (χ2n) is 10.4. The zero-order chi connectivity index (χ0) is 27.1. The molecule has 9 heteroatoms. The van der Waals surface area contributed by atoms with Gasteiger partial charge in [-0.15, -0.1) is 0 Å². The van der Waals surface area contributed by atoms with Crippen LogP contribution >= 0.6 is 0 Å². The summed E-state index contributed by atoms with van der Waals surface area (Å²) in [5, 5.41) is 3.35. The van der Waals surface area contributed by atoms with Gasteiger partial charge >= 0.3 is 0 Å². The van der Waals surface area contributed by atoms with Gasteiger partial charge in [0, 0.05) is 31.2 Å². The summed E-state index contributed by atoms with van der Waals surface area (Å²) in [4.78, 5) is 15.8. The van der Waals surface area contributed by atoms with Gasteiger partial charge in [0.15, 0.2) is 17.3 Å². The fraction of sp³-hybridized carbons (Fsp3) is 0.552. The lowest BCUT2D eigenvalue weighted by Crippen LogP contribution is -2.40. The molecule has 0 aromatic heterocycles. The minimum Gasteiger partial charge on any atom is -0.493 e. The van der Waals surface area contributed by atoms with Crippen molar-refractivity contribution in [2.24, 2.45) is 5.92 Å². The fourth-order valence-corrected chi connectivity index (χ4v) is 7.16. The number of sulfonamides is 1. The van der Waals surface area contributed by atoms with Gasteiger partial charge in [0.25, 0.3) is 0 Å². The number of carbonyl (C=O) groups excluding carboxylic acids is 1. The number of piperidine rings is 2. The van der Waals surface area contributed by atoms with Crippen molar-refractivity contribution in [3.05, 3.63) is 53.6 Å². The van der Waals surface area contributed by atoms with Crippen LogP contribution in [-0.2, 0) is 10.0 Å². The molecule has 0 spiro atoms. The number of nitrogens with zero attached hydrogens (tertiary/aromatic N) is 2. The predicted molar refractivity (Wildman–Crippen MR) is 149 cm³/mol. The van der Waals surface area contributed by atoms with Crippen molar-refractivity contribution in [2.75, 3.05) is 53.5 Å². The molecule has 1 N–H and O–H groups in total. The Morgan fingerprint density at radius 3 is 2.47 bits per heavy atom. The van der Waals surface area contributed by atoms with Gasteiger partial charge in [0.1, 0.15) is 0 Å². The molecule has 0 bridgehead atoms. The number of ketones is 1. The number of rotatable bonds is 11. The summed E-state index contributed by atoms with van der Waals surface area (Å²) < 4.78 is 38.9. The summed E-state index contributed by atoms with van der Waals surface area (Å²) in [6.45, 7) is 5.85. The first-order chi connectivity index (χ1) is 18.3. The van der Waals surface area contributed by atoms with Crippen LogP contribution in [0.1, 0.15) is 61.0 Å². The van der Waals surface area contributed by atoms with Crippen LogP contribution in [0.15, 0.2) is 47.4 Å². The van der Waals surface area contributed by atoms with Crippen LogP contribution in [0.3, 0.4) is 0 Å². The molecular formula is C29H41N3O5S. The van der Waals surface area contributed by atoms with Crippen LogP contribution in [0.4, 0.5) is 0 Å². The Kier molecular flexibility index (Phi) is 9.81. The Morgan fingerprint density at radius 2 is 1.76 bits per heavy atom. The zero-order valence-corrected chi connectivity index (χ0v) is 23.6. The Bertz CT molecular complexity index is 1200. The van der Waals surface area contributed by atoms with E-state index in [0.717, 1.165) is 44.3 Å². The van der Waals surface area contributed by atoms with Gasteiger partial charge in [-0.3, -0.25) is 9.69 Å². The molecule has 2 aromatic carbocycles. The van der Waals surface area contributed by atoms with E-state index in [4.69, 9.17) is 9.47 Å². The number of benzene rings is 2. The molecule has 0 saturated carbocycles. The molecule has 8 nitrogen and oxygen atoms in total. The van der Waals surface area contributed by atoms with E-state index >= 15 is 0 Å².